The Morgan fingerprint density at radius 1 is 1.26 bits per heavy atom. The number of rotatable bonds is 6. The molecule has 0 aliphatic carbocycles. The average Bonchev–Trinajstić information content (AvgIpc) is 2.85. The van der Waals surface area contributed by atoms with Gasteiger partial charge in [-0.2, -0.15) is 0 Å². The summed E-state index contributed by atoms with van der Waals surface area (Å²) in [6, 6.07) is 8.00. The first-order chi connectivity index (χ1) is 9.16. The van der Waals surface area contributed by atoms with Crippen LogP contribution in [0.25, 0.3) is 0 Å². The van der Waals surface area contributed by atoms with Gasteiger partial charge in [0.15, 0.2) is 0 Å². The predicted molar refractivity (Wildman–Crippen MR) is 77.3 cm³/mol. The zero-order valence-corrected chi connectivity index (χ0v) is 11.8. The zero-order chi connectivity index (χ0) is 13.7. The van der Waals surface area contributed by atoms with Crippen LogP contribution in [0.5, 0.6) is 0 Å². The third-order valence-electron chi connectivity index (χ3n) is 3.15. The van der Waals surface area contributed by atoms with E-state index in [1.54, 1.807) is 13.1 Å². The molecule has 1 heterocycles. The molecule has 0 aliphatic rings. The van der Waals surface area contributed by atoms with Crippen molar-refractivity contribution in [3.63, 3.8) is 0 Å². The van der Waals surface area contributed by atoms with Gasteiger partial charge in [-0.3, -0.25) is 0 Å². The molecule has 0 fully saturated rings. The first kappa shape index (κ1) is 14.1. The molecule has 0 aliphatic heterocycles. The molecule has 0 unspecified atom stereocenters. The Balaban J connectivity index is 1.77. The Morgan fingerprint density at radius 3 is 2.68 bits per heavy atom. The van der Waals surface area contributed by atoms with Gasteiger partial charge in [0.2, 0.25) is 0 Å². The smallest absolute Gasteiger partial charge is 0.137 e. The van der Waals surface area contributed by atoms with Crippen LogP contribution in [0.4, 0.5) is 0 Å². The maximum atomic E-state index is 9.56. The van der Waals surface area contributed by atoms with E-state index in [0.717, 1.165) is 36.7 Å². The van der Waals surface area contributed by atoms with E-state index in [2.05, 4.69) is 17.1 Å². The minimum atomic E-state index is -0.508. The number of hydrogen-bond acceptors (Lipinski definition) is 2. The van der Waals surface area contributed by atoms with Crippen LogP contribution in [0, 0.1) is 0 Å². The minimum Gasteiger partial charge on any atom is -0.385 e. The number of halogens is 1. The van der Waals surface area contributed by atoms with Crippen LogP contribution in [0.3, 0.4) is 0 Å². The zero-order valence-electron chi connectivity index (χ0n) is 11.1. The number of benzene rings is 1. The van der Waals surface area contributed by atoms with Crippen molar-refractivity contribution in [3.05, 3.63) is 53.1 Å². The summed E-state index contributed by atoms with van der Waals surface area (Å²) in [5, 5.41) is 10.3. The summed E-state index contributed by atoms with van der Waals surface area (Å²) in [5.41, 5.74) is 1.31. The van der Waals surface area contributed by atoms with Crippen LogP contribution >= 0.6 is 11.6 Å². The topological polar surface area (TPSA) is 38.1 Å². The molecule has 1 N–H and O–H groups in total. The summed E-state index contributed by atoms with van der Waals surface area (Å²) in [6.45, 7) is 2.64. The van der Waals surface area contributed by atoms with E-state index >= 15 is 0 Å². The molecular weight excluding hydrogens is 260 g/mol. The highest BCUT2D eigenvalue weighted by molar-refractivity contribution is 6.30. The van der Waals surface area contributed by atoms with Crippen LogP contribution in [0.15, 0.2) is 36.7 Å². The monoisotopic (exact) mass is 278 g/mol. The second-order valence-electron chi connectivity index (χ2n) is 4.74. The number of aliphatic hydroxyl groups is 1. The lowest BCUT2D eigenvalue weighted by molar-refractivity contribution is 0.183. The highest BCUT2D eigenvalue weighted by atomic mass is 35.5. The van der Waals surface area contributed by atoms with Gasteiger partial charge < -0.3 is 9.67 Å². The molecular formula is C15H19ClN2O. The molecule has 1 atom stereocenters. The van der Waals surface area contributed by atoms with Crippen molar-refractivity contribution in [1.82, 2.24) is 9.55 Å². The van der Waals surface area contributed by atoms with Gasteiger partial charge in [-0.05, 0) is 43.9 Å². The summed E-state index contributed by atoms with van der Waals surface area (Å²) >= 11 is 5.85. The van der Waals surface area contributed by atoms with Crippen LogP contribution < -0.4 is 0 Å². The second kappa shape index (κ2) is 6.73. The highest BCUT2D eigenvalue weighted by Gasteiger charge is 2.07. The van der Waals surface area contributed by atoms with Crippen molar-refractivity contribution >= 4 is 11.6 Å². The third-order valence-corrected chi connectivity index (χ3v) is 3.40. The summed E-state index contributed by atoms with van der Waals surface area (Å²) < 4.78 is 2.02. The normalized spacial score (nSPS) is 12.6. The molecule has 3 nitrogen and oxygen atoms in total. The molecule has 0 bridgehead atoms. The standard InChI is InChI=1S/C15H19ClN2O/c1-12(19)15-17-9-11-18(15)10-3-2-4-13-5-7-14(16)8-6-13/h5-9,11-12,19H,2-4,10H2,1H3/t12-/m0/s1. The van der Waals surface area contributed by atoms with Crippen molar-refractivity contribution in [2.75, 3.05) is 0 Å². The second-order valence-corrected chi connectivity index (χ2v) is 5.17. The maximum absolute atomic E-state index is 9.56. The molecule has 0 spiro atoms. The molecule has 2 aromatic rings. The van der Waals surface area contributed by atoms with Crippen molar-refractivity contribution in [3.8, 4) is 0 Å². The third kappa shape index (κ3) is 4.08. The Morgan fingerprint density at radius 2 is 2.00 bits per heavy atom. The molecule has 19 heavy (non-hydrogen) atoms. The molecule has 0 saturated carbocycles. The summed E-state index contributed by atoms with van der Waals surface area (Å²) in [6.07, 6.45) is 6.38. The average molecular weight is 279 g/mol. The van der Waals surface area contributed by atoms with Gasteiger partial charge in [-0.15, -0.1) is 0 Å². The van der Waals surface area contributed by atoms with E-state index in [9.17, 15) is 5.11 Å². The fraction of sp³-hybridized carbons (Fsp3) is 0.400. The first-order valence-corrected chi connectivity index (χ1v) is 6.98. The van der Waals surface area contributed by atoms with Gasteiger partial charge in [-0.25, -0.2) is 4.98 Å². The number of hydrogen-bond donors (Lipinski definition) is 1. The Kier molecular flexibility index (Phi) is 5.00. The Hall–Kier alpha value is -1.32. The van der Waals surface area contributed by atoms with Crippen LogP contribution in [-0.2, 0) is 13.0 Å². The first-order valence-electron chi connectivity index (χ1n) is 6.60. The van der Waals surface area contributed by atoms with Crippen LogP contribution in [-0.4, -0.2) is 14.7 Å². The van der Waals surface area contributed by atoms with E-state index in [1.807, 2.05) is 22.9 Å². The lowest BCUT2D eigenvalue weighted by Crippen LogP contribution is -2.06. The molecule has 0 amide bonds. The minimum absolute atomic E-state index is 0.508. The van der Waals surface area contributed by atoms with Crippen molar-refractivity contribution < 1.29 is 5.11 Å². The SMILES string of the molecule is C[C@H](O)c1nccn1CCCCc1ccc(Cl)cc1. The Bertz CT molecular complexity index is 505. The number of aliphatic hydroxyl groups excluding tert-OH is 1. The summed E-state index contributed by atoms with van der Waals surface area (Å²) in [7, 11) is 0. The van der Waals surface area contributed by atoms with Gasteiger partial charge >= 0.3 is 0 Å². The molecule has 4 heteroatoms. The van der Waals surface area contributed by atoms with Crippen molar-refractivity contribution in [2.45, 2.75) is 38.8 Å². The number of aromatic nitrogens is 2. The largest absolute Gasteiger partial charge is 0.385 e. The molecule has 2 rings (SSSR count). The molecule has 0 saturated heterocycles. The number of aryl methyl sites for hydroxylation is 2. The maximum Gasteiger partial charge on any atom is 0.137 e. The van der Waals surface area contributed by atoms with Gasteiger partial charge in [0.25, 0.3) is 0 Å². The highest BCUT2D eigenvalue weighted by Crippen LogP contribution is 2.13. The molecule has 1 aromatic carbocycles. The van der Waals surface area contributed by atoms with Crippen LogP contribution in [0.1, 0.15) is 37.3 Å². The lowest BCUT2D eigenvalue weighted by Gasteiger charge is -2.09. The van der Waals surface area contributed by atoms with E-state index in [-0.39, 0.29) is 0 Å². The molecule has 102 valence electrons. The van der Waals surface area contributed by atoms with Gasteiger partial charge in [-0.1, -0.05) is 23.7 Å². The quantitative estimate of drug-likeness (QED) is 0.820. The number of imidazole rings is 1. The number of unbranched alkanes of at least 4 members (excludes halogenated alkanes) is 1. The van der Waals surface area contributed by atoms with Gasteiger partial charge in [0.1, 0.15) is 11.9 Å². The Labute approximate surface area is 118 Å². The van der Waals surface area contributed by atoms with Crippen molar-refractivity contribution in [2.24, 2.45) is 0 Å². The van der Waals surface area contributed by atoms with Gasteiger partial charge in [0, 0.05) is 24.0 Å². The predicted octanol–water partition coefficient (Wildman–Crippen LogP) is 3.61. The van der Waals surface area contributed by atoms with E-state index < -0.39 is 6.10 Å². The number of nitrogens with zero attached hydrogens (tertiary/aromatic N) is 2. The fourth-order valence-corrected chi connectivity index (χ4v) is 2.27. The van der Waals surface area contributed by atoms with E-state index in [0.29, 0.717) is 0 Å². The van der Waals surface area contributed by atoms with E-state index in [4.69, 9.17) is 11.6 Å². The summed E-state index contributed by atoms with van der Waals surface area (Å²) in [4.78, 5) is 4.16. The molecule has 1 aromatic heterocycles. The van der Waals surface area contributed by atoms with Crippen molar-refractivity contribution in [1.29, 1.82) is 0 Å². The summed E-state index contributed by atoms with van der Waals surface area (Å²) in [5.74, 6) is 0.742. The fourth-order valence-electron chi connectivity index (χ4n) is 2.14. The molecule has 0 radical (unpaired) electrons. The lowest BCUT2D eigenvalue weighted by atomic mass is 10.1. The van der Waals surface area contributed by atoms with Crippen LogP contribution in [0.2, 0.25) is 5.02 Å². The van der Waals surface area contributed by atoms with Gasteiger partial charge in [0.05, 0.1) is 0 Å². The van der Waals surface area contributed by atoms with E-state index in [1.165, 1.54) is 5.56 Å².